The molecule has 0 aliphatic heterocycles. The first-order valence-corrected chi connectivity index (χ1v) is 6.38. The summed E-state index contributed by atoms with van der Waals surface area (Å²) in [6.07, 6.45) is 1.24. The Morgan fingerprint density at radius 2 is 2.24 bits per heavy atom. The molecule has 0 radical (unpaired) electrons. The molecule has 108 valence electrons. The molecule has 9 heteroatoms. The van der Waals surface area contributed by atoms with Crippen molar-refractivity contribution in [3.8, 4) is 0 Å². The van der Waals surface area contributed by atoms with Crippen LogP contribution in [0.2, 0.25) is 0 Å². The van der Waals surface area contributed by atoms with Gasteiger partial charge in [-0.3, -0.25) is 10.1 Å². The molecular weight excluding hydrogens is 299 g/mol. The highest BCUT2D eigenvalue weighted by Crippen LogP contribution is 2.33. The summed E-state index contributed by atoms with van der Waals surface area (Å²) >= 11 is 0.949. The van der Waals surface area contributed by atoms with Gasteiger partial charge in [0.25, 0.3) is 0 Å². The number of hydrogen-bond acceptors (Lipinski definition) is 6. The Hall–Kier alpha value is -2.68. The SMILES string of the molecule is N/C(=N/O)c1cnc(Sc2cccc(F)c2)c([N+](=O)[O-])c1. The third-order valence-corrected chi connectivity index (χ3v) is 3.44. The van der Waals surface area contributed by atoms with Crippen LogP contribution in [0.1, 0.15) is 5.56 Å². The summed E-state index contributed by atoms with van der Waals surface area (Å²) in [5.41, 5.74) is 5.17. The lowest BCUT2D eigenvalue weighted by Gasteiger charge is -2.04. The molecule has 7 nitrogen and oxygen atoms in total. The Labute approximate surface area is 122 Å². The van der Waals surface area contributed by atoms with E-state index in [4.69, 9.17) is 10.9 Å². The predicted molar refractivity (Wildman–Crippen MR) is 73.9 cm³/mol. The number of hydrogen-bond donors (Lipinski definition) is 2. The molecule has 0 saturated heterocycles. The van der Waals surface area contributed by atoms with Crippen molar-refractivity contribution in [1.29, 1.82) is 0 Å². The van der Waals surface area contributed by atoms with E-state index in [9.17, 15) is 14.5 Å². The van der Waals surface area contributed by atoms with Crippen LogP contribution in [0.3, 0.4) is 0 Å². The van der Waals surface area contributed by atoms with Gasteiger partial charge in [-0.25, -0.2) is 9.37 Å². The zero-order valence-corrected chi connectivity index (χ0v) is 11.2. The number of nitrogens with zero attached hydrogens (tertiary/aromatic N) is 3. The second-order valence-corrected chi connectivity index (χ2v) is 4.91. The maximum absolute atomic E-state index is 13.1. The molecule has 0 bridgehead atoms. The fourth-order valence-electron chi connectivity index (χ4n) is 1.49. The van der Waals surface area contributed by atoms with Crippen LogP contribution in [0.25, 0.3) is 0 Å². The number of aromatic nitrogens is 1. The molecule has 1 heterocycles. The second-order valence-electron chi connectivity index (χ2n) is 3.85. The zero-order chi connectivity index (χ0) is 15.4. The number of amidine groups is 1. The molecule has 3 N–H and O–H groups in total. The first-order valence-electron chi connectivity index (χ1n) is 5.57. The molecule has 2 aromatic rings. The predicted octanol–water partition coefficient (Wildman–Crippen LogP) is 2.37. The molecule has 0 atom stereocenters. The van der Waals surface area contributed by atoms with Gasteiger partial charge in [-0.05, 0) is 18.2 Å². The maximum Gasteiger partial charge on any atom is 0.302 e. The molecule has 1 aromatic carbocycles. The van der Waals surface area contributed by atoms with Crippen molar-refractivity contribution in [3.05, 3.63) is 58.0 Å². The third kappa shape index (κ3) is 3.45. The fourth-order valence-corrected chi connectivity index (χ4v) is 2.37. The van der Waals surface area contributed by atoms with E-state index in [-0.39, 0.29) is 22.1 Å². The highest BCUT2D eigenvalue weighted by molar-refractivity contribution is 7.99. The van der Waals surface area contributed by atoms with Crippen molar-refractivity contribution in [1.82, 2.24) is 4.98 Å². The van der Waals surface area contributed by atoms with Gasteiger partial charge in [0, 0.05) is 22.7 Å². The quantitative estimate of drug-likeness (QED) is 0.294. The summed E-state index contributed by atoms with van der Waals surface area (Å²) in [6, 6.07) is 6.76. The van der Waals surface area contributed by atoms with E-state index in [1.807, 2.05) is 0 Å². The van der Waals surface area contributed by atoms with Crippen LogP contribution in [-0.2, 0) is 0 Å². The molecule has 21 heavy (non-hydrogen) atoms. The topological polar surface area (TPSA) is 115 Å². The number of benzene rings is 1. The average Bonchev–Trinajstić information content (AvgIpc) is 2.46. The zero-order valence-electron chi connectivity index (χ0n) is 10.4. The summed E-state index contributed by atoms with van der Waals surface area (Å²) < 4.78 is 13.1. The Morgan fingerprint density at radius 3 is 2.86 bits per heavy atom. The van der Waals surface area contributed by atoms with Gasteiger partial charge in [0.15, 0.2) is 10.9 Å². The molecular formula is C12H9FN4O3S. The van der Waals surface area contributed by atoms with Gasteiger partial charge in [-0.1, -0.05) is 23.0 Å². The molecule has 0 spiro atoms. The third-order valence-electron chi connectivity index (χ3n) is 2.44. The van der Waals surface area contributed by atoms with Gasteiger partial charge in [0.05, 0.1) is 4.92 Å². The van der Waals surface area contributed by atoms with Crippen molar-refractivity contribution in [2.75, 3.05) is 0 Å². The summed E-state index contributed by atoms with van der Waals surface area (Å²) in [7, 11) is 0. The number of nitrogens with two attached hydrogens (primary N) is 1. The van der Waals surface area contributed by atoms with E-state index >= 15 is 0 Å². The molecule has 0 aliphatic rings. The largest absolute Gasteiger partial charge is 0.409 e. The molecule has 0 saturated carbocycles. The van der Waals surface area contributed by atoms with Crippen LogP contribution in [0, 0.1) is 15.9 Å². The fraction of sp³-hybridized carbons (Fsp3) is 0. The number of pyridine rings is 1. The Bertz CT molecular complexity index is 723. The van der Waals surface area contributed by atoms with E-state index in [1.54, 1.807) is 6.07 Å². The average molecular weight is 308 g/mol. The van der Waals surface area contributed by atoms with Gasteiger partial charge in [-0.15, -0.1) is 0 Å². The van der Waals surface area contributed by atoms with Gasteiger partial charge in [0.2, 0.25) is 0 Å². The van der Waals surface area contributed by atoms with Gasteiger partial charge < -0.3 is 10.9 Å². The Kier molecular flexibility index (Phi) is 4.33. The Balaban J connectivity index is 2.41. The van der Waals surface area contributed by atoms with Crippen LogP contribution in [-0.4, -0.2) is 21.0 Å². The van der Waals surface area contributed by atoms with Gasteiger partial charge >= 0.3 is 5.69 Å². The lowest BCUT2D eigenvalue weighted by Crippen LogP contribution is -2.14. The first-order chi connectivity index (χ1) is 10.0. The Morgan fingerprint density at radius 1 is 1.48 bits per heavy atom. The molecule has 0 fully saturated rings. The van der Waals surface area contributed by atoms with Crippen molar-refractivity contribution in [2.24, 2.45) is 10.9 Å². The van der Waals surface area contributed by atoms with Gasteiger partial charge in [0.1, 0.15) is 5.82 Å². The van der Waals surface area contributed by atoms with Crippen LogP contribution in [0.4, 0.5) is 10.1 Å². The minimum absolute atomic E-state index is 0.0834. The highest BCUT2D eigenvalue weighted by Gasteiger charge is 2.19. The van der Waals surface area contributed by atoms with Crippen molar-refractivity contribution >= 4 is 23.3 Å². The summed E-state index contributed by atoms with van der Waals surface area (Å²) in [5, 5.41) is 22.5. The van der Waals surface area contributed by atoms with Crippen LogP contribution in [0.15, 0.2) is 51.6 Å². The van der Waals surface area contributed by atoms with Crippen molar-refractivity contribution < 1.29 is 14.5 Å². The van der Waals surface area contributed by atoms with Crippen molar-refractivity contribution in [3.63, 3.8) is 0 Å². The number of halogens is 1. The van der Waals surface area contributed by atoms with E-state index in [2.05, 4.69) is 10.1 Å². The summed E-state index contributed by atoms with van der Waals surface area (Å²) in [6.45, 7) is 0. The lowest BCUT2D eigenvalue weighted by molar-refractivity contribution is -0.388. The minimum atomic E-state index is -0.636. The second kappa shape index (κ2) is 6.18. The maximum atomic E-state index is 13.1. The van der Waals surface area contributed by atoms with E-state index in [1.165, 1.54) is 24.4 Å². The van der Waals surface area contributed by atoms with Crippen molar-refractivity contribution in [2.45, 2.75) is 9.92 Å². The first kappa shape index (κ1) is 14.7. The molecule has 2 rings (SSSR count). The minimum Gasteiger partial charge on any atom is -0.409 e. The molecule has 1 aromatic heterocycles. The standard InChI is InChI=1S/C12H9FN4O3S/c13-8-2-1-3-9(5-8)21-12-10(17(19)20)4-7(6-15-12)11(14)16-18/h1-6,18H,(H2,14,16). The van der Waals surface area contributed by atoms with Crippen LogP contribution in [0.5, 0.6) is 0 Å². The smallest absolute Gasteiger partial charge is 0.302 e. The summed E-state index contributed by atoms with van der Waals surface area (Å²) in [4.78, 5) is 14.8. The van der Waals surface area contributed by atoms with Crippen LogP contribution < -0.4 is 5.73 Å². The molecule has 0 amide bonds. The van der Waals surface area contributed by atoms with E-state index < -0.39 is 10.7 Å². The number of oxime groups is 1. The molecule has 0 unspecified atom stereocenters. The number of rotatable bonds is 4. The number of nitro groups is 1. The normalized spacial score (nSPS) is 11.4. The van der Waals surface area contributed by atoms with Gasteiger partial charge in [-0.2, -0.15) is 0 Å². The summed E-state index contributed by atoms with van der Waals surface area (Å²) in [5.74, 6) is -0.733. The monoisotopic (exact) mass is 308 g/mol. The lowest BCUT2D eigenvalue weighted by atomic mass is 10.2. The molecule has 0 aliphatic carbocycles. The highest BCUT2D eigenvalue weighted by atomic mass is 32.2. The van der Waals surface area contributed by atoms with Crippen LogP contribution >= 0.6 is 11.8 Å². The van der Waals surface area contributed by atoms with E-state index in [0.717, 1.165) is 17.8 Å². The van der Waals surface area contributed by atoms with E-state index in [0.29, 0.717) is 4.90 Å².